The molecule has 3 aliphatic rings. The number of nitrogens with one attached hydrogen (secondary N) is 2. The zero-order valence-corrected chi connectivity index (χ0v) is 19.8. The normalized spacial score (nSPS) is 32.4. The maximum absolute atomic E-state index is 6.15. The average Bonchev–Trinajstić information content (AvgIpc) is 3.23. The van der Waals surface area contributed by atoms with Crippen LogP contribution in [-0.2, 0) is 14.5 Å². The van der Waals surface area contributed by atoms with Gasteiger partial charge in [-0.25, -0.2) is 9.78 Å². The highest BCUT2D eigenvalue weighted by molar-refractivity contribution is 6.31. The summed E-state index contributed by atoms with van der Waals surface area (Å²) in [4.78, 5) is 15.7. The number of pyridine rings is 1. The maximum Gasteiger partial charge on any atom is 0.201 e. The molecule has 0 radical (unpaired) electrons. The van der Waals surface area contributed by atoms with Crippen molar-refractivity contribution < 1.29 is 14.5 Å². The van der Waals surface area contributed by atoms with E-state index in [-0.39, 0.29) is 5.60 Å². The lowest BCUT2D eigenvalue weighted by molar-refractivity contribution is -0.511. The number of anilines is 1. The van der Waals surface area contributed by atoms with E-state index in [4.69, 9.17) is 26.1 Å². The van der Waals surface area contributed by atoms with E-state index < -0.39 is 5.79 Å². The molecule has 1 saturated heterocycles. The molecule has 2 atom stereocenters. The fourth-order valence-corrected chi connectivity index (χ4v) is 5.43. The second kappa shape index (κ2) is 9.07. The Morgan fingerprint density at radius 1 is 1.09 bits per heavy atom. The highest BCUT2D eigenvalue weighted by Gasteiger charge is 2.45. The lowest BCUT2D eigenvalue weighted by Gasteiger charge is -2.45. The van der Waals surface area contributed by atoms with E-state index in [1.54, 1.807) is 0 Å². The van der Waals surface area contributed by atoms with Crippen LogP contribution in [0.25, 0.3) is 10.9 Å². The third kappa shape index (κ3) is 4.90. The molecule has 1 aromatic carbocycles. The molecule has 2 aromatic rings. The van der Waals surface area contributed by atoms with Gasteiger partial charge in [0.15, 0.2) is 0 Å². The van der Waals surface area contributed by atoms with Crippen molar-refractivity contribution >= 4 is 28.2 Å². The number of fused-ring (bicyclic) bond motifs is 1. The van der Waals surface area contributed by atoms with E-state index >= 15 is 0 Å². The van der Waals surface area contributed by atoms with Crippen molar-refractivity contribution in [3.05, 3.63) is 35.5 Å². The van der Waals surface area contributed by atoms with E-state index in [1.165, 1.54) is 19.3 Å². The van der Waals surface area contributed by atoms with E-state index in [9.17, 15) is 0 Å². The molecule has 2 aliphatic carbocycles. The smallest absolute Gasteiger partial charge is 0.201 e. The van der Waals surface area contributed by atoms with Crippen molar-refractivity contribution in [1.29, 1.82) is 0 Å². The summed E-state index contributed by atoms with van der Waals surface area (Å²) in [6, 6.07) is 8.98. The van der Waals surface area contributed by atoms with Crippen LogP contribution in [0.1, 0.15) is 58.8 Å². The average molecular weight is 460 g/mol. The summed E-state index contributed by atoms with van der Waals surface area (Å²) in [5, 5.41) is 9.51. The number of hydrogen-bond acceptors (Lipinski definition) is 6. The van der Waals surface area contributed by atoms with Gasteiger partial charge in [-0.2, -0.15) is 0 Å². The van der Waals surface area contributed by atoms with E-state index in [0.29, 0.717) is 24.6 Å². The van der Waals surface area contributed by atoms with Gasteiger partial charge >= 0.3 is 0 Å². The lowest BCUT2D eigenvalue weighted by atomic mass is 9.89. The summed E-state index contributed by atoms with van der Waals surface area (Å²) < 4.78 is 6.08. The van der Waals surface area contributed by atoms with Gasteiger partial charge in [0, 0.05) is 53.8 Å². The van der Waals surface area contributed by atoms with Crippen LogP contribution in [0.4, 0.5) is 5.69 Å². The monoisotopic (exact) mass is 459 g/mol. The van der Waals surface area contributed by atoms with Crippen LogP contribution in [0, 0.1) is 5.92 Å². The number of hydrogen-bond donors (Lipinski definition) is 2. The first kappa shape index (κ1) is 22.4. The molecule has 5 rings (SSSR count). The van der Waals surface area contributed by atoms with Gasteiger partial charge in [-0.3, -0.25) is 4.98 Å². The predicted octanol–water partition coefficient (Wildman–Crippen LogP) is 5.45. The summed E-state index contributed by atoms with van der Waals surface area (Å²) in [6.07, 6.45) is 9.42. The van der Waals surface area contributed by atoms with Gasteiger partial charge in [0.05, 0.1) is 12.1 Å². The van der Waals surface area contributed by atoms with Gasteiger partial charge in [-0.15, -0.1) is 0 Å². The molecule has 6 nitrogen and oxygen atoms in total. The lowest BCUT2D eigenvalue weighted by Crippen LogP contribution is -2.53. The van der Waals surface area contributed by atoms with Gasteiger partial charge in [0.25, 0.3) is 0 Å². The summed E-state index contributed by atoms with van der Waals surface area (Å²) in [7, 11) is 0. The first-order valence-electron chi connectivity index (χ1n) is 12.0. The van der Waals surface area contributed by atoms with Crippen LogP contribution in [0.3, 0.4) is 0 Å². The van der Waals surface area contributed by atoms with Crippen LogP contribution in [0.5, 0.6) is 0 Å². The van der Waals surface area contributed by atoms with Gasteiger partial charge in [-0.1, -0.05) is 18.0 Å². The van der Waals surface area contributed by atoms with Gasteiger partial charge < -0.3 is 15.4 Å². The van der Waals surface area contributed by atoms with Crippen molar-refractivity contribution in [3.8, 4) is 0 Å². The molecule has 1 aliphatic heterocycles. The van der Waals surface area contributed by atoms with Crippen LogP contribution < -0.4 is 10.6 Å². The van der Waals surface area contributed by atoms with Crippen molar-refractivity contribution in [2.75, 3.05) is 18.5 Å². The highest BCUT2D eigenvalue weighted by atomic mass is 35.5. The van der Waals surface area contributed by atoms with Crippen LogP contribution in [0.15, 0.2) is 30.5 Å². The molecule has 174 valence electrons. The Bertz CT molecular complexity index is 933. The molecule has 2 heterocycles. The largest absolute Gasteiger partial charge is 0.381 e. The van der Waals surface area contributed by atoms with Crippen molar-refractivity contribution in [3.63, 3.8) is 0 Å². The molecule has 32 heavy (non-hydrogen) atoms. The number of aromatic nitrogens is 1. The topological polar surface area (TPSA) is 64.6 Å². The van der Waals surface area contributed by atoms with E-state index in [0.717, 1.165) is 53.8 Å². The minimum atomic E-state index is -0.545. The standard InChI is InChI=1S/C25H34ClN3O3/c1-24(2)16-30-25(32-31-24)11-8-19(9-12-25)28-15-17-4-3-5-21(17)29-22-10-13-27-23-14-18(26)6-7-20(22)23/h6-7,10,13-14,17,19,21,28H,3-5,8-9,11-12,15-16H2,1-2H3,(H,27,29)/t17-,19?,21-,25?/m0/s1. The molecule has 1 spiro atoms. The SMILES string of the molecule is CC1(C)COC2(CCC(NC[C@@H]3CCC[C@@H]3Nc3ccnc4cc(Cl)ccc34)CC2)OO1. The summed E-state index contributed by atoms with van der Waals surface area (Å²) in [5.74, 6) is 0.0731. The number of halogens is 1. The van der Waals surface area contributed by atoms with Gasteiger partial charge in [-0.05, 0) is 69.7 Å². The Labute approximate surface area is 195 Å². The Morgan fingerprint density at radius 3 is 2.72 bits per heavy atom. The first-order valence-corrected chi connectivity index (χ1v) is 12.3. The zero-order valence-electron chi connectivity index (χ0n) is 19.0. The van der Waals surface area contributed by atoms with Crippen molar-refractivity contribution in [1.82, 2.24) is 10.3 Å². The Balaban J connectivity index is 1.14. The number of nitrogens with zero attached hydrogens (tertiary/aromatic N) is 1. The molecular weight excluding hydrogens is 426 g/mol. The molecule has 2 N–H and O–H groups in total. The molecular formula is C25H34ClN3O3. The van der Waals surface area contributed by atoms with E-state index in [1.807, 2.05) is 32.2 Å². The van der Waals surface area contributed by atoms with Gasteiger partial charge in [0.1, 0.15) is 5.60 Å². The number of benzene rings is 1. The predicted molar refractivity (Wildman–Crippen MR) is 127 cm³/mol. The van der Waals surface area contributed by atoms with Crippen LogP contribution in [-0.4, -0.2) is 41.6 Å². The first-order chi connectivity index (χ1) is 15.4. The second-order valence-electron chi connectivity index (χ2n) is 10.3. The Hall–Kier alpha value is -1.44. The van der Waals surface area contributed by atoms with Gasteiger partial charge in [0.2, 0.25) is 5.79 Å². The molecule has 7 heteroatoms. The molecule has 0 unspecified atom stereocenters. The third-order valence-corrected chi connectivity index (χ3v) is 7.46. The minimum Gasteiger partial charge on any atom is -0.381 e. The molecule has 1 aromatic heterocycles. The fourth-order valence-electron chi connectivity index (χ4n) is 5.27. The summed E-state index contributed by atoms with van der Waals surface area (Å²) in [6.45, 7) is 5.60. The summed E-state index contributed by atoms with van der Waals surface area (Å²) in [5.41, 5.74) is 1.72. The van der Waals surface area contributed by atoms with Crippen LogP contribution >= 0.6 is 11.6 Å². The Kier molecular flexibility index (Phi) is 6.34. The maximum atomic E-state index is 6.15. The molecule has 3 fully saturated rings. The van der Waals surface area contributed by atoms with Crippen molar-refractivity contribution in [2.24, 2.45) is 5.92 Å². The molecule has 0 bridgehead atoms. The molecule has 2 saturated carbocycles. The van der Waals surface area contributed by atoms with Crippen molar-refractivity contribution in [2.45, 2.75) is 82.3 Å². The third-order valence-electron chi connectivity index (χ3n) is 7.22. The zero-order chi connectivity index (χ0) is 22.2. The number of rotatable bonds is 5. The highest BCUT2D eigenvalue weighted by Crippen LogP contribution is 2.38. The fraction of sp³-hybridized carbons (Fsp3) is 0.640. The second-order valence-corrected chi connectivity index (χ2v) is 10.7. The Morgan fingerprint density at radius 2 is 1.94 bits per heavy atom. The minimum absolute atomic E-state index is 0.364. The summed E-state index contributed by atoms with van der Waals surface area (Å²) >= 11 is 6.15. The van der Waals surface area contributed by atoms with Crippen LogP contribution in [0.2, 0.25) is 5.02 Å². The molecule has 0 amide bonds. The quantitative estimate of drug-likeness (QED) is 0.579. The number of ether oxygens (including phenoxy) is 1. The van der Waals surface area contributed by atoms with E-state index in [2.05, 4.69) is 27.8 Å².